The summed E-state index contributed by atoms with van der Waals surface area (Å²) >= 11 is 0. The maximum Gasteiger partial charge on any atom is 0.129 e. The monoisotopic (exact) mass is 397 g/mol. The molecular formula is C25H27NSi2. The molecule has 0 unspecified atom stereocenters. The summed E-state index contributed by atoms with van der Waals surface area (Å²) in [6, 6.07) is 16.8. The number of aromatic nitrogens is 1. The van der Waals surface area contributed by atoms with E-state index in [9.17, 15) is 0 Å². The van der Waals surface area contributed by atoms with E-state index in [1.165, 1.54) is 11.1 Å². The Kier molecular flexibility index (Phi) is 5.61. The average molecular weight is 398 g/mol. The Bertz CT molecular complexity index is 1010. The van der Waals surface area contributed by atoms with Crippen molar-refractivity contribution in [2.75, 3.05) is 0 Å². The summed E-state index contributed by atoms with van der Waals surface area (Å²) in [4.78, 5) is 4.49. The lowest BCUT2D eigenvalue weighted by molar-refractivity contribution is 1.33. The second-order valence-electron chi connectivity index (χ2n) is 9.14. The normalized spacial score (nSPS) is 11.4. The predicted octanol–water partition coefficient (Wildman–Crippen LogP) is 6.31. The van der Waals surface area contributed by atoms with Crippen LogP contribution in [0.1, 0.15) is 11.1 Å². The zero-order chi connectivity index (χ0) is 20.4. The van der Waals surface area contributed by atoms with Crippen molar-refractivity contribution in [3.8, 4) is 45.3 Å². The molecule has 0 spiro atoms. The Morgan fingerprint density at radius 1 is 0.679 bits per heavy atom. The lowest BCUT2D eigenvalue weighted by atomic mass is 10.1. The van der Waals surface area contributed by atoms with Gasteiger partial charge in [0.1, 0.15) is 16.1 Å². The standard InChI is InChI=1S/C25H27NSi2/c1-27(2,3)17-14-21-19-22(15-18-28(4,5)6)24-13-11-20(10-12-23(21)24)25-9-7-8-16-26-25/h7-13,16,19H,1-6H3. The van der Waals surface area contributed by atoms with Crippen LogP contribution in [0.15, 0.2) is 54.7 Å². The predicted molar refractivity (Wildman–Crippen MR) is 127 cm³/mol. The number of hydrogen-bond donors (Lipinski definition) is 0. The molecule has 3 heteroatoms. The van der Waals surface area contributed by atoms with Gasteiger partial charge in [0, 0.05) is 22.9 Å². The van der Waals surface area contributed by atoms with Crippen molar-refractivity contribution in [3.63, 3.8) is 0 Å². The van der Waals surface area contributed by atoms with Gasteiger partial charge in [0.05, 0.1) is 5.69 Å². The molecule has 0 bridgehead atoms. The fourth-order valence-corrected chi connectivity index (χ4v) is 3.79. The molecule has 1 aromatic heterocycles. The first-order valence-electron chi connectivity index (χ1n) is 9.67. The number of pyridine rings is 1. The van der Waals surface area contributed by atoms with Crippen LogP contribution < -0.4 is 0 Å². The molecule has 0 aliphatic heterocycles. The highest BCUT2D eigenvalue weighted by molar-refractivity contribution is 6.84. The lowest BCUT2D eigenvalue weighted by Gasteiger charge is -2.03. The van der Waals surface area contributed by atoms with E-state index in [0.29, 0.717) is 0 Å². The topological polar surface area (TPSA) is 12.9 Å². The van der Waals surface area contributed by atoms with Crippen LogP contribution in [0.2, 0.25) is 39.3 Å². The minimum atomic E-state index is -1.45. The van der Waals surface area contributed by atoms with E-state index in [1.54, 1.807) is 0 Å². The number of hydrogen-bond acceptors (Lipinski definition) is 1. The van der Waals surface area contributed by atoms with Gasteiger partial charge in [-0.05, 0) is 29.3 Å². The van der Waals surface area contributed by atoms with E-state index in [0.717, 1.165) is 22.4 Å². The Hall–Kier alpha value is -2.60. The van der Waals surface area contributed by atoms with Crippen LogP contribution in [-0.4, -0.2) is 21.1 Å². The number of fused-ring (bicyclic) bond motifs is 1. The molecule has 1 heterocycles. The minimum Gasteiger partial charge on any atom is -0.256 e. The summed E-state index contributed by atoms with van der Waals surface area (Å²) in [7, 11) is -2.90. The molecular weight excluding hydrogens is 370 g/mol. The van der Waals surface area contributed by atoms with Crippen molar-refractivity contribution in [1.29, 1.82) is 0 Å². The van der Waals surface area contributed by atoms with Crippen molar-refractivity contribution in [2.45, 2.75) is 39.3 Å². The molecule has 1 nitrogen and oxygen atoms in total. The van der Waals surface area contributed by atoms with Crippen molar-refractivity contribution in [3.05, 3.63) is 65.9 Å². The smallest absolute Gasteiger partial charge is 0.129 e. The first kappa shape index (κ1) is 20.1. The zero-order valence-corrected chi connectivity index (χ0v) is 19.6. The quantitative estimate of drug-likeness (QED) is 0.346. The molecule has 0 amide bonds. The first-order chi connectivity index (χ1) is 13.1. The SMILES string of the molecule is C[Si](C)(C)C#Cc1cc(C#C[Si](C)(C)C)c2ccc(-c3ccccn3)ccc1-2. The molecule has 0 saturated heterocycles. The third-order valence-corrected chi connectivity index (χ3v) is 5.87. The molecule has 0 fully saturated rings. The highest BCUT2D eigenvalue weighted by Crippen LogP contribution is 2.33. The van der Waals surface area contributed by atoms with Crippen LogP contribution in [0.5, 0.6) is 0 Å². The van der Waals surface area contributed by atoms with Gasteiger partial charge in [0.25, 0.3) is 0 Å². The van der Waals surface area contributed by atoms with Gasteiger partial charge >= 0.3 is 0 Å². The van der Waals surface area contributed by atoms with Crippen LogP contribution in [-0.2, 0) is 0 Å². The van der Waals surface area contributed by atoms with Crippen LogP contribution >= 0.6 is 0 Å². The second-order valence-corrected chi connectivity index (χ2v) is 18.6. The Balaban J connectivity index is 2.19. The molecule has 2 aliphatic carbocycles. The highest BCUT2D eigenvalue weighted by Gasteiger charge is 2.15. The fraction of sp³-hybridized carbons (Fsp3) is 0.240. The van der Waals surface area contributed by atoms with Crippen LogP contribution in [0.3, 0.4) is 0 Å². The Morgan fingerprint density at radius 2 is 1.21 bits per heavy atom. The Morgan fingerprint density at radius 3 is 1.64 bits per heavy atom. The van der Waals surface area contributed by atoms with Crippen molar-refractivity contribution < 1.29 is 0 Å². The van der Waals surface area contributed by atoms with E-state index in [4.69, 9.17) is 0 Å². The summed E-state index contributed by atoms with van der Waals surface area (Å²) in [6.07, 6.45) is 1.83. The van der Waals surface area contributed by atoms with E-state index >= 15 is 0 Å². The molecule has 0 aromatic carbocycles. The maximum atomic E-state index is 4.49. The summed E-state index contributed by atoms with van der Waals surface area (Å²) in [5.41, 5.74) is 13.6. The van der Waals surface area contributed by atoms with Gasteiger partial charge in [-0.2, -0.15) is 0 Å². The lowest BCUT2D eigenvalue weighted by Crippen LogP contribution is -2.16. The fourth-order valence-electron chi connectivity index (χ4n) is 2.77. The van der Waals surface area contributed by atoms with Gasteiger partial charge in [-0.3, -0.25) is 4.98 Å². The van der Waals surface area contributed by atoms with Crippen molar-refractivity contribution in [2.24, 2.45) is 0 Å². The number of rotatable bonds is 1. The summed E-state index contributed by atoms with van der Waals surface area (Å²) in [5, 5.41) is 0. The second kappa shape index (κ2) is 7.80. The molecule has 2 aliphatic rings. The summed E-state index contributed by atoms with van der Waals surface area (Å²) < 4.78 is 0. The molecule has 0 N–H and O–H groups in total. The average Bonchev–Trinajstić information content (AvgIpc) is 2.79. The zero-order valence-electron chi connectivity index (χ0n) is 17.6. The third-order valence-electron chi connectivity index (χ3n) is 4.12. The van der Waals surface area contributed by atoms with Crippen LogP contribution in [0.4, 0.5) is 0 Å². The molecule has 0 atom stereocenters. The molecule has 3 rings (SSSR count). The van der Waals surface area contributed by atoms with Crippen molar-refractivity contribution in [1.82, 2.24) is 4.98 Å². The van der Waals surface area contributed by atoms with Gasteiger partial charge < -0.3 is 0 Å². The van der Waals surface area contributed by atoms with E-state index in [-0.39, 0.29) is 0 Å². The molecule has 28 heavy (non-hydrogen) atoms. The van der Waals surface area contributed by atoms with Gasteiger partial charge in [0.15, 0.2) is 0 Å². The van der Waals surface area contributed by atoms with E-state index in [2.05, 4.69) is 97.5 Å². The third kappa shape index (κ3) is 5.23. The largest absolute Gasteiger partial charge is 0.256 e. The van der Waals surface area contributed by atoms with Crippen molar-refractivity contribution >= 4 is 16.1 Å². The van der Waals surface area contributed by atoms with Crippen LogP contribution in [0, 0.1) is 22.9 Å². The highest BCUT2D eigenvalue weighted by atomic mass is 28.3. The van der Waals surface area contributed by atoms with E-state index < -0.39 is 16.1 Å². The summed E-state index contributed by atoms with van der Waals surface area (Å²) in [5.74, 6) is 6.92. The summed E-state index contributed by atoms with van der Waals surface area (Å²) in [6.45, 7) is 13.6. The maximum absolute atomic E-state index is 4.49. The molecule has 0 saturated carbocycles. The molecule has 1 aromatic rings. The van der Waals surface area contributed by atoms with Gasteiger partial charge in [-0.1, -0.05) is 81.5 Å². The first-order valence-corrected chi connectivity index (χ1v) is 16.7. The molecule has 140 valence electrons. The molecule has 0 radical (unpaired) electrons. The van der Waals surface area contributed by atoms with Gasteiger partial charge in [0.2, 0.25) is 0 Å². The van der Waals surface area contributed by atoms with E-state index in [1.807, 2.05) is 24.4 Å². The van der Waals surface area contributed by atoms with Gasteiger partial charge in [-0.15, -0.1) is 11.1 Å². The van der Waals surface area contributed by atoms with Gasteiger partial charge in [-0.25, -0.2) is 0 Å². The number of nitrogens with zero attached hydrogens (tertiary/aromatic N) is 1. The minimum absolute atomic E-state index is 0.976. The Labute approximate surface area is 171 Å². The van der Waals surface area contributed by atoms with Crippen LogP contribution in [0.25, 0.3) is 22.4 Å².